The Morgan fingerprint density at radius 1 is 0.614 bits per heavy atom. The molecule has 0 aliphatic rings. The second-order valence-corrected chi connectivity index (χ2v) is 9.13. The third kappa shape index (κ3) is 11.7. The average molecular weight is 595 g/mol. The van der Waals surface area contributed by atoms with Crippen LogP contribution in [0.25, 0.3) is 0 Å². The van der Waals surface area contributed by atoms with Gasteiger partial charge in [-0.05, 0) is 110 Å². The summed E-state index contributed by atoms with van der Waals surface area (Å²) in [4.78, 5) is 22.5. The topological polar surface area (TPSA) is 89.5 Å². The van der Waals surface area contributed by atoms with Crippen LogP contribution >= 0.6 is 0 Å². The van der Waals surface area contributed by atoms with Gasteiger partial charge in [0.15, 0.2) is 13.2 Å². The number of aryl methyl sites for hydroxylation is 2. The number of hydrogen-bond donors (Lipinski definition) is 0. The summed E-state index contributed by atoms with van der Waals surface area (Å²) in [5.74, 6) is 13.9. The Kier molecular flexibility index (Phi) is 13.5. The van der Waals surface area contributed by atoms with Crippen molar-refractivity contribution in [2.75, 3.05) is 40.6 Å². The smallest absolute Gasteiger partial charge is 0.343 e. The quantitative estimate of drug-likeness (QED) is 0.204. The number of carbonyl (C=O) groups excluding carboxylic acids is 2. The fourth-order valence-corrected chi connectivity index (χ4v) is 3.53. The summed E-state index contributed by atoms with van der Waals surface area (Å²) in [6, 6.07) is 18.4. The van der Waals surface area contributed by atoms with Crippen LogP contribution in [0.3, 0.4) is 0 Å². The second kappa shape index (κ2) is 18.0. The van der Waals surface area contributed by atoms with Crippen LogP contribution in [-0.2, 0) is 19.1 Å². The molecule has 0 heterocycles. The van der Waals surface area contributed by atoms with Crippen molar-refractivity contribution in [1.29, 1.82) is 0 Å². The fourth-order valence-electron chi connectivity index (χ4n) is 3.53. The number of methoxy groups -OCH3 is 2. The van der Waals surface area contributed by atoms with Gasteiger partial charge in [-0.3, -0.25) is 0 Å². The van der Waals surface area contributed by atoms with Gasteiger partial charge in [0.2, 0.25) is 0 Å². The van der Waals surface area contributed by atoms with Crippen molar-refractivity contribution in [3.63, 3.8) is 0 Å². The minimum absolute atomic E-state index is 0.139. The maximum Gasteiger partial charge on any atom is 0.343 e. The first kappa shape index (κ1) is 32.9. The lowest BCUT2D eigenvalue weighted by atomic mass is 10.1. The Bertz CT molecular complexity index is 1470. The van der Waals surface area contributed by atoms with Crippen LogP contribution in [0.4, 0.5) is 0 Å². The van der Waals surface area contributed by atoms with Crippen LogP contribution in [0.5, 0.6) is 23.0 Å². The lowest BCUT2D eigenvalue weighted by molar-refractivity contribution is -0.143. The molecule has 0 aromatic heterocycles. The second-order valence-electron chi connectivity index (χ2n) is 9.13. The third-order valence-corrected chi connectivity index (χ3v) is 5.85. The Morgan fingerprint density at radius 3 is 1.39 bits per heavy atom. The van der Waals surface area contributed by atoms with E-state index in [9.17, 15) is 9.59 Å². The van der Waals surface area contributed by atoms with Crippen molar-refractivity contribution in [2.24, 2.45) is 0 Å². The van der Waals surface area contributed by atoms with Gasteiger partial charge in [0.05, 0.1) is 14.2 Å². The van der Waals surface area contributed by atoms with Crippen LogP contribution in [-0.4, -0.2) is 52.6 Å². The van der Waals surface area contributed by atoms with E-state index in [-0.39, 0.29) is 13.2 Å². The van der Waals surface area contributed by atoms with Gasteiger partial charge >= 0.3 is 11.9 Å². The predicted molar refractivity (Wildman–Crippen MR) is 167 cm³/mol. The monoisotopic (exact) mass is 594 g/mol. The maximum absolute atomic E-state index is 11.2. The molecule has 0 atom stereocenters. The molecular formula is C36H34O8. The van der Waals surface area contributed by atoms with E-state index < -0.39 is 11.9 Å². The molecule has 0 saturated carbocycles. The molecule has 226 valence electrons. The standard InChI is InChI=1S/C36H34O8/c1-27-23-31(17-19-33(27)43-25-35(37)39-3)41-21-9-5-7-11-29-13-15-30(16-14-29)12-8-6-10-22-42-32-18-20-34(28(2)24-32)44-26-36(38)40-4/h5-6,9-10,13-20,23-24H,21-22,25-26H2,1-4H3. The number of hydrogen-bond acceptors (Lipinski definition) is 8. The van der Waals surface area contributed by atoms with Crippen LogP contribution in [0.1, 0.15) is 22.3 Å². The summed E-state index contributed by atoms with van der Waals surface area (Å²) in [5, 5.41) is 0. The Hall–Kier alpha value is -5.60. The molecule has 0 bridgehead atoms. The lowest BCUT2D eigenvalue weighted by Crippen LogP contribution is -2.13. The van der Waals surface area contributed by atoms with Gasteiger partial charge in [0.25, 0.3) is 0 Å². The number of ether oxygens (including phenoxy) is 6. The third-order valence-electron chi connectivity index (χ3n) is 5.85. The fraction of sp³-hybridized carbons (Fsp3) is 0.222. The van der Waals surface area contributed by atoms with Gasteiger partial charge in [0, 0.05) is 11.1 Å². The highest BCUT2D eigenvalue weighted by Gasteiger charge is 2.07. The molecule has 0 aliphatic carbocycles. The summed E-state index contributed by atoms with van der Waals surface area (Å²) in [6.45, 7) is 4.21. The Morgan fingerprint density at radius 2 is 1.02 bits per heavy atom. The van der Waals surface area contributed by atoms with E-state index in [1.54, 1.807) is 36.4 Å². The first-order valence-corrected chi connectivity index (χ1v) is 13.7. The first-order chi connectivity index (χ1) is 21.4. The van der Waals surface area contributed by atoms with Crippen LogP contribution < -0.4 is 18.9 Å². The summed E-state index contributed by atoms with van der Waals surface area (Å²) in [7, 11) is 2.64. The zero-order valence-corrected chi connectivity index (χ0v) is 25.2. The van der Waals surface area contributed by atoms with E-state index in [0.717, 1.165) is 22.3 Å². The van der Waals surface area contributed by atoms with Crippen molar-refractivity contribution < 1.29 is 38.0 Å². The van der Waals surface area contributed by atoms with Crippen molar-refractivity contribution in [3.8, 4) is 46.7 Å². The molecule has 3 rings (SSSR count). The van der Waals surface area contributed by atoms with Crippen molar-refractivity contribution in [3.05, 3.63) is 107 Å². The summed E-state index contributed by atoms with van der Waals surface area (Å²) >= 11 is 0. The van der Waals surface area contributed by atoms with Gasteiger partial charge in [-0.1, -0.05) is 23.7 Å². The normalized spacial score (nSPS) is 10.3. The van der Waals surface area contributed by atoms with E-state index in [2.05, 4.69) is 33.2 Å². The van der Waals surface area contributed by atoms with E-state index >= 15 is 0 Å². The predicted octanol–water partition coefficient (Wildman–Crippen LogP) is 5.38. The molecule has 0 radical (unpaired) electrons. The number of benzene rings is 3. The SMILES string of the molecule is COC(=O)COc1ccc(OCC=CC#Cc2ccc(C#CC=CCOc3ccc(OCC(=O)OC)c(C)c3)cc2)cc1C. The van der Waals surface area contributed by atoms with Crippen LogP contribution in [0.2, 0.25) is 0 Å². The van der Waals surface area contributed by atoms with E-state index in [0.29, 0.717) is 36.2 Å². The Balaban J connectivity index is 1.38. The highest BCUT2D eigenvalue weighted by atomic mass is 16.6. The molecular weight excluding hydrogens is 560 g/mol. The molecule has 8 heteroatoms. The first-order valence-electron chi connectivity index (χ1n) is 13.7. The van der Waals surface area contributed by atoms with E-state index in [1.807, 2.05) is 62.4 Å². The number of rotatable bonds is 12. The largest absolute Gasteiger partial charge is 0.489 e. The highest BCUT2D eigenvalue weighted by molar-refractivity contribution is 5.71. The molecule has 3 aromatic rings. The summed E-state index contributed by atoms with van der Waals surface area (Å²) < 4.78 is 31.4. The average Bonchev–Trinajstić information content (AvgIpc) is 3.03. The van der Waals surface area contributed by atoms with Gasteiger partial charge in [-0.25, -0.2) is 9.59 Å². The molecule has 0 N–H and O–H groups in total. The zero-order chi connectivity index (χ0) is 31.6. The van der Waals surface area contributed by atoms with Gasteiger partial charge in [0.1, 0.15) is 36.2 Å². The number of carbonyl (C=O) groups is 2. The molecule has 8 nitrogen and oxygen atoms in total. The number of allylic oxidation sites excluding steroid dienone is 2. The minimum atomic E-state index is -0.436. The van der Waals surface area contributed by atoms with Gasteiger partial charge in [-0.2, -0.15) is 0 Å². The molecule has 3 aromatic carbocycles. The zero-order valence-electron chi connectivity index (χ0n) is 25.2. The van der Waals surface area contributed by atoms with E-state index in [4.69, 9.17) is 18.9 Å². The number of esters is 2. The van der Waals surface area contributed by atoms with Crippen LogP contribution in [0.15, 0.2) is 85.0 Å². The highest BCUT2D eigenvalue weighted by Crippen LogP contribution is 2.24. The van der Waals surface area contributed by atoms with Crippen molar-refractivity contribution in [2.45, 2.75) is 13.8 Å². The van der Waals surface area contributed by atoms with Crippen molar-refractivity contribution in [1.82, 2.24) is 0 Å². The van der Waals surface area contributed by atoms with Gasteiger partial charge < -0.3 is 28.4 Å². The molecule has 0 saturated heterocycles. The lowest BCUT2D eigenvalue weighted by Gasteiger charge is -2.10. The molecule has 0 unspecified atom stereocenters. The minimum Gasteiger partial charge on any atom is -0.489 e. The molecule has 44 heavy (non-hydrogen) atoms. The molecule has 0 fully saturated rings. The summed E-state index contributed by atoms with van der Waals surface area (Å²) in [6.07, 6.45) is 7.15. The Labute approximate surface area is 258 Å². The van der Waals surface area contributed by atoms with Crippen molar-refractivity contribution >= 4 is 11.9 Å². The molecule has 0 aliphatic heterocycles. The van der Waals surface area contributed by atoms with E-state index in [1.165, 1.54) is 14.2 Å². The molecule has 0 amide bonds. The van der Waals surface area contributed by atoms with Crippen LogP contribution in [0, 0.1) is 37.5 Å². The van der Waals surface area contributed by atoms with Gasteiger partial charge in [-0.15, -0.1) is 0 Å². The maximum atomic E-state index is 11.2. The molecule has 0 spiro atoms. The summed E-state index contributed by atoms with van der Waals surface area (Å²) in [5.41, 5.74) is 3.46.